The van der Waals surface area contributed by atoms with E-state index >= 15 is 0 Å². The summed E-state index contributed by atoms with van der Waals surface area (Å²) < 4.78 is 18.0. The van der Waals surface area contributed by atoms with Gasteiger partial charge in [-0.3, -0.25) is 9.59 Å². The van der Waals surface area contributed by atoms with Crippen molar-refractivity contribution >= 4 is 17.7 Å². The molecule has 0 aromatic heterocycles. The standard InChI is InChI=1S/C30H38O7/c1-15-12-22(36-26(33)16(15)2)17(3)20-13-25(35-18(4)31)30(34)21-14-24-29(37-24)10-7-8-23(32)28(29,6)19(21)9-11-27(20,30)5/h7-8,13,17,19,21-22,24-25,34H,9-12,14H2,1-6H3/t17-,19?,21?,22+,24+,25-,27+,28-,29+,30-/m0/s1. The number of carbonyl (C=O) groups is 3. The summed E-state index contributed by atoms with van der Waals surface area (Å²) in [6.45, 7) is 11.2. The van der Waals surface area contributed by atoms with E-state index < -0.39 is 34.1 Å². The van der Waals surface area contributed by atoms with E-state index in [-0.39, 0.29) is 41.7 Å². The minimum atomic E-state index is -1.40. The Morgan fingerprint density at radius 1 is 1.22 bits per heavy atom. The topological polar surface area (TPSA) is 102 Å². The van der Waals surface area contributed by atoms with Gasteiger partial charge >= 0.3 is 11.9 Å². The number of cyclic esters (lactones) is 1. The summed E-state index contributed by atoms with van der Waals surface area (Å²) in [4.78, 5) is 38.2. The van der Waals surface area contributed by atoms with Gasteiger partial charge in [0.2, 0.25) is 0 Å². The molecule has 2 saturated carbocycles. The Morgan fingerprint density at radius 3 is 2.62 bits per heavy atom. The highest BCUT2D eigenvalue weighted by atomic mass is 16.6. The number of hydrogen-bond acceptors (Lipinski definition) is 7. The first-order chi connectivity index (χ1) is 17.3. The molecule has 7 nitrogen and oxygen atoms in total. The Bertz CT molecular complexity index is 1200. The second-order valence-electron chi connectivity index (χ2n) is 12.8. The summed E-state index contributed by atoms with van der Waals surface area (Å²) >= 11 is 0. The van der Waals surface area contributed by atoms with Crippen molar-refractivity contribution in [3.63, 3.8) is 0 Å². The van der Waals surface area contributed by atoms with Gasteiger partial charge < -0.3 is 19.3 Å². The van der Waals surface area contributed by atoms with Crippen LogP contribution in [0.3, 0.4) is 0 Å². The third kappa shape index (κ3) is 2.93. The zero-order chi connectivity index (χ0) is 26.7. The number of aliphatic hydroxyl groups is 1. The van der Waals surface area contributed by atoms with Gasteiger partial charge in [0.05, 0.1) is 11.5 Å². The number of fused-ring (bicyclic) bond motifs is 4. The van der Waals surface area contributed by atoms with E-state index in [4.69, 9.17) is 14.2 Å². The van der Waals surface area contributed by atoms with Crippen LogP contribution >= 0.6 is 0 Å². The van der Waals surface area contributed by atoms with Crippen LogP contribution in [-0.2, 0) is 28.6 Å². The number of esters is 2. The molecule has 7 heteroatoms. The minimum absolute atomic E-state index is 0.0680. The van der Waals surface area contributed by atoms with Gasteiger partial charge in [0.25, 0.3) is 0 Å². The van der Waals surface area contributed by atoms with Gasteiger partial charge in [0.1, 0.15) is 23.4 Å². The van der Waals surface area contributed by atoms with Crippen LogP contribution in [0.15, 0.2) is 34.9 Å². The highest BCUT2D eigenvalue weighted by Gasteiger charge is 2.80. The Morgan fingerprint density at radius 2 is 1.95 bits per heavy atom. The molecule has 6 aliphatic rings. The lowest BCUT2D eigenvalue weighted by molar-refractivity contribution is -0.221. The molecule has 1 spiro atoms. The minimum Gasteiger partial charge on any atom is -0.458 e. The first kappa shape index (κ1) is 25.1. The largest absolute Gasteiger partial charge is 0.458 e. The first-order valence-corrected chi connectivity index (χ1v) is 13.7. The van der Waals surface area contributed by atoms with Crippen molar-refractivity contribution in [3.05, 3.63) is 34.9 Å². The maximum absolute atomic E-state index is 13.4. The van der Waals surface area contributed by atoms with Crippen LogP contribution in [0.5, 0.6) is 0 Å². The summed E-state index contributed by atoms with van der Waals surface area (Å²) in [5, 5.41) is 12.8. The van der Waals surface area contributed by atoms with Crippen molar-refractivity contribution in [2.75, 3.05) is 0 Å². The van der Waals surface area contributed by atoms with E-state index in [1.807, 2.05) is 32.9 Å². The molecule has 2 heterocycles. The lowest BCUT2D eigenvalue weighted by Gasteiger charge is -2.61. The van der Waals surface area contributed by atoms with Crippen LogP contribution in [0.4, 0.5) is 0 Å². The van der Waals surface area contributed by atoms with E-state index in [1.54, 1.807) is 13.0 Å². The molecule has 200 valence electrons. The van der Waals surface area contributed by atoms with Crippen molar-refractivity contribution in [2.45, 2.75) is 103 Å². The molecule has 3 fully saturated rings. The monoisotopic (exact) mass is 510 g/mol. The molecule has 0 radical (unpaired) electrons. The van der Waals surface area contributed by atoms with Gasteiger partial charge in [0.15, 0.2) is 5.78 Å². The Kier molecular flexibility index (Phi) is 5.19. The van der Waals surface area contributed by atoms with Crippen LogP contribution in [-0.4, -0.2) is 52.3 Å². The number of ether oxygens (including phenoxy) is 3. The molecule has 0 amide bonds. The Hall–Kier alpha value is -2.25. The second kappa shape index (κ2) is 7.66. The zero-order valence-corrected chi connectivity index (χ0v) is 22.6. The van der Waals surface area contributed by atoms with Crippen molar-refractivity contribution in [3.8, 4) is 0 Å². The predicted molar refractivity (Wildman–Crippen MR) is 134 cm³/mol. The number of allylic oxidation sites excluding steroid dienone is 1. The molecule has 0 aromatic rings. The molecular weight excluding hydrogens is 472 g/mol. The fourth-order valence-electron chi connectivity index (χ4n) is 9.06. The highest BCUT2D eigenvalue weighted by molar-refractivity contribution is 5.98. The van der Waals surface area contributed by atoms with Crippen molar-refractivity contribution < 1.29 is 33.7 Å². The maximum Gasteiger partial charge on any atom is 0.333 e. The molecule has 1 N–H and O–H groups in total. The quantitative estimate of drug-likeness (QED) is 0.348. The molecule has 4 aliphatic carbocycles. The van der Waals surface area contributed by atoms with E-state index in [1.165, 1.54) is 6.92 Å². The number of carbonyl (C=O) groups excluding carboxylic acids is 3. The van der Waals surface area contributed by atoms with Crippen LogP contribution in [0.1, 0.15) is 73.6 Å². The Balaban J connectivity index is 1.41. The van der Waals surface area contributed by atoms with Crippen molar-refractivity contribution in [1.29, 1.82) is 0 Å². The number of ketones is 1. The molecule has 0 bridgehead atoms. The van der Waals surface area contributed by atoms with Gasteiger partial charge in [-0.25, -0.2) is 4.79 Å². The van der Waals surface area contributed by atoms with Crippen molar-refractivity contribution in [2.24, 2.45) is 28.6 Å². The summed E-state index contributed by atoms with van der Waals surface area (Å²) in [7, 11) is 0. The molecule has 2 unspecified atom stereocenters. The van der Waals surface area contributed by atoms with Crippen LogP contribution in [0, 0.1) is 28.6 Å². The third-order valence-electron chi connectivity index (χ3n) is 11.5. The van der Waals surface area contributed by atoms with Gasteiger partial charge in [-0.2, -0.15) is 0 Å². The molecule has 37 heavy (non-hydrogen) atoms. The molecule has 2 aliphatic heterocycles. The number of rotatable bonds is 3. The summed E-state index contributed by atoms with van der Waals surface area (Å²) in [5.74, 6) is -1.24. The average Bonchev–Trinajstić information content (AvgIpc) is 3.49. The lowest BCUT2D eigenvalue weighted by atomic mass is 9.43. The van der Waals surface area contributed by atoms with Gasteiger partial charge in [0, 0.05) is 30.3 Å². The second-order valence-corrected chi connectivity index (χ2v) is 12.8. The van der Waals surface area contributed by atoms with Gasteiger partial charge in [-0.1, -0.05) is 31.1 Å². The normalized spacial score (nSPS) is 48.7. The lowest BCUT2D eigenvalue weighted by Crippen LogP contribution is -2.68. The van der Waals surface area contributed by atoms with Crippen LogP contribution < -0.4 is 0 Å². The fourth-order valence-corrected chi connectivity index (χ4v) is 9.06. The maximum atomic E-state index is 13.4. The highest BCUT2D eigenvalue weighted by Crippen LogP contribution is 2.73. The third-order valence-corrected chi connectivity index (χ3v) is 11.5. The fraction of sp³-hybridized carbons (Fsp3) is 0.700. The Labute approximate surface area is 218 Å². The van der Waals surface area contributed by atoms with E-state index in [0.29, 0.717) is 31.3 Å². The van der Waals surface area contributed by atoms with Crippen LogP contribution in [0.25, 0.3) is 0 Å². The molecule has 10 atom stereocenters. The summed E-state index contributed by atoms with van der Waals surface area (Å²) in [6.07, 6.45) is 7.60. The SMILES string of the molecule is CC(=O)O[C@H]1C=C([C@H](C)[C@H]2CC(C)=C(C)C(=O)O2)[C@@]2(C)CCC3C(C[C@H]4O[C@]45CC=CC(=O)[C@]35C)[C@]12O. The van der Waals surface area contributed by atoms with Crippen molar-refractivity contribution in [1.82, 2.24) is 0 Å². The van der Waals surface area contributed by atoms with Gasteiger partial charge in [-0.05, 0) is 70.4 Å². The van der Waals surface area contributed by atoms with E-state index in [2.05, 4.69) is 6.92 Å². The first-order valence-electron chi connectivity index (χ1n) is 13.7. The van der Waals surface area contributed by atoms with Gasteiger partial charge in [-0.15, -0.1) is 0 Å². The number of hydrogen-bond donors (Lipinski definition) is 1. The van der Waals surface area contributed by atoms with E-state index in [9.17, 15) is 19.5 Å². The average molecular weight is 511 g/mol. The zero-order valence-electron chi connectivity index (χ0n) is 22.6. The molecule has 6 rings (SSSR count). The molecule has 1 saturated heterocycles. The molecule has 0 aromatic carbocycles. The number of epoxide rings is 1. The smallest absolute Gasteiger partial charge is 0.333 e. The summed E-state index contributed by atoms with van der Waals surface area (Å²) in [5.41, 5.74) is -0.673. The van der Waals surface area contributed by atoms with Crippen LogP contribution in [0.2, 0.25) is 0 Å². The van der Waals surface area contributed by atoms with E-state index in [0.717, 1.165) is 17.6 Å². The molecular formula is C30H38O7. The predicted octanol–water partition coefficient (Wildman–Crippen LogP) is 3.99. The summed E-state index contributed by atoms with van der Waals surface area (Å²) in [6, 6.07) is 0.